The summed E-state index contributed by atoms with van der Waals surface area (Å²) < 4.78 is 10.3. The number of nitrogens with zero attached hydrogens (tertiary/aromatic N) is 1. The first-order chi connectivity index (χ1) is 16.3. The van der Waals surface area contributed by atoms with E-state index in [1.807, 2.05) is 0 Å². The third-order valence-electron chi connectivity index (χ3n) is 5.44. The molecule has 0 aliphatic carbocycles. The van der Waals surface area contributed by atoms with E-state index >= 15 is 0 Å². The normalized spacial score (nSPS) is 12.5. The van der Waals surface area contributed by atoms with Crippen LogP contribution in [-0.2, 0) is 16.1 Å². The molecule has 1 aliphatic heterocycles. The van der Waals surface area contributed by atoms with Crippen LogP contribution >= 0.6 is 11.6 Å². The van der Waals surface area contributed by atoms with Crippen LogP contribution < -0.4 is 4.90 Å². The fourth-order valence-corrected chi connectivity index (χ4v) is 3.78. The van der Waals surface area contributed by atoms with Crippen molar-refractivity contribution in [3.63, 3.8) is 0 Å². The van der Waals surface area contributed by atoms with Gasteiger partial charge in [0.1, 0.15) is 6.61 Å². The first-order valence-electron chi connectivity index (χ1n) is 10.5. The lowest BCUT2D eigenvalue weighted by atomic mass is 10.1. The van der Waals surface area contributed by atoms with Gasteiger partial charge in [-0.3, -0.25) is 9.59 Å². The minimum Gasteiger partial charge on any atom is -0.462 e. The molecule has 0 bridgehead atoms. The Balaban J connectivity index is 1.49. The summed E-state index contributed by atoms with van der Waals surface area (Å²) in [6, 6.07) is 15.7. The second kappa shape index (κ2) is 9.49. The average Bonchev–Trinajstić information content (AvgIpc) is 3.09. The Hall–Kier alpha value is -3.97. The summed E-state index contributed by atoms with van der Waals surface area (Å²) in [4.78, 5) is 51.3. The largest absolute Gasteiger partial charge is 0.462 e. The second-order valence-corrected chi connectivity index (χ2v) is 7.99. The number of hydrogen-bond acceptors (Lipinski definition) is 6. The van der Waals surface area contributed by atoms with E-state index in [1.54, 1.807) is 56.3 Å². The molecule has 1 heterocycles. The Kier molecular flexibility index (Phi) is 6.47. The Morgan fingerprint density at radius 2 is 1.50 bits per heavy atom. The summed E-state index contributed by atoms with van der Waals surface area (Å²) in [7, 11) is 0. The lowest BCUT2D eigenvalue weighted by Crippen LogP contribution is -2.30. The Labute approximate surface area is 200 Å². The molecule has 0 radical (unpaired) electrons. The number of esters is 2. The van der Waals surface area contributed by atoms with E-state index in [0.29, 0.717) is 27.4 Å². The van der Waals surface area contributed by atoms with E-state index in [-0.39, 0.29) is 29.9 Å². The molecule has 1 aliphatic rings. The number of fused-ring (bicyclic) bond motifs is 1. The van der Waals surface area contributed by atoms with Gasteiger partial charge in [0.2, 0.25) is 0 Å². The van der Waals surface area contributed by atoms with Crippen molar-refractivity contribution < 1.29 is 28.7 Å². The SMILES string of the molecule is CCOC(=O)c1ccc(COC(=O)c2ccc3c(c2)C(=O)N(c2cccc(Cl)c2C)C3=O)cc1. The van der Waals surface area contributed by atoms with Gasteiger partial charge in [0.15, 0.2) is 0 Å². The lowest BCUT2D eigenvalue weighted by Gasteiger charge is -2.17. The standard InChI is InChI=1S/C26H20ClNO6/c1-3-33-25(31)17-9-7-16(8-10-17)14-34-26(32)18-11-12-19-20(13-18)24(30)28(23(19)29)22-6-4-5-21(27)15(22)2/h4-13H,3,14H2,1-2H3. The summed E-state index contributed by atoms with van der Waals surface area (Å²) in [5, 5.41) is 0.439. The molecule has 0 aromatic heterocycles. The predicted molar refractivity (Wildman–Crippen MR) is 125 cm³/mol. The van der Waals surface area contributed by atoms with Gasteiger partial charge in [-0.15, -0.1) is 0 Å². The van der Waals surface area contributed by atoms with Gasteiger partial charge < -0.3 is 9.47 Å². The summed E-state index contributed by atoms with van der Waals surface area (Å²) in [6.07, 6.45) is 0. The number of ether oxygens (including phenoxy) is 2. The fraction of sp³-hybridized carbons (Fsp3) is 0.154. The molecule has 0 N–H and O–H groups in total. The van der Waals surface area contributed by atoms with Crippen LogP contribution in [0.5, 0.6) is 0 Å². The highest BCUT2D eigenvalue weighted by atomic mass is 35.5. The molecule has 0 saturated carbocycles. The number of halogens is 1. The number of carbonyl (C=O) groups is 4. The van der Waals surface area contributed by atoms with Crippen LogP contribution in [-0.4, -0.2) is 30.4 Å². The second-order valence-electron chi connectivity index (χ2n) is 7.58. The van der Waals surface area contributed by atoms with Crippen molar-refractivity contribution in [2.75, 3.05) is 11.5 Å². The number of benzene rings is 3. The molecular formula is C26H20ClNO6. The molecule has 0 saturated heterocycles. The van der Waals surface area contributed by atoms with Crippen LogP contribution in [0.1, 0.15) is 59.5 Å². The van der Waals surface area contributed by atoms with Crippen molar-refractivity contribution in [1.82, 2.24) is 0 Å². The topological polar surface area (TPSA) is 90.0 Å². The number of hydrogen-bond donors (Lipinski definition) is 0. The molecule has 3 aromatic carbocycles. The molecule has 0 atom stereocenters. The van der Waals surface area contributed by atoms with Gasteiger partial charge in [-0.05, 0) is 67.4 Å². The van der Waals surface area contributed by atoms with Crippen LogP contribution in [0.15, 0.2) is 60.7 Å². The maximum absolute atomic E-state index is 13.0. The predicted octanol–water partition coefficient (Wildman–Crippen LogP) is 4.98. The minimum absolute atomic E-state index is 0.0280. The zero-order valence-corrected chi connectivity index (χ0v) is 19.2. The molecule has 4 rings (SSSR count). The van der Waals surface area contributed by atoms with Crippen molar-refractivity contribution in [2.45, 2.75) is 20.5 Å². The number of imide groups is 1. The minimum atomic E-state index is -0.644. The van der Waals surface area contributed by atoms with E-state index in [9.17, 15) is 19.2 Å². The quantitative estimate of drug-likeness (QED) is 0.367. The molecule has 8 heteroatoms. The molecule has 3 aromatic rings. The molecule has 0 fully saturated rings. The van der Waals surface area contributed by atoms with Gasteiger partial charge in [0.05, 0.1) is 34.5 Å². The van der Waals surface area contributed by atoms with Crippen LogP contribution in [0.2, 0.25) is 5.02 Å². The van der Waals surface area contributed by atoms with E-state index in [2.05, 4.69) is 0 Å². The third-order valence-corrected chi connectivity index (χ3v) is 5.85. The highest BCUT2D eigenvalue weighted by Gasteiger charge is 2.38. The Bertz CT molecular complexity index is 1320. The Morgan fingerprint density at radius 3 is 2.21 bits per heavy atom. The van der Waals surface area contributed by atoms with Crippen molar-refractivity contribution in [1.29, 1.82) is 0 Å². The van der Waals surface area contributed by atoms with E-state index < -0.39 is 23.8 Å². The molecular weight excluding hydrogens is 458 g/mol. The summed E-state index contributed by atoms with van der Waals surface area (Å²) in [5.41, 5.74) is 2.55. The average molecular weight is 478 g/mol. The van der Waals surface area contributed by atoms with Crippen LogP contribution in [0, 0.1) is 6.92 Å². The van der Waals surface area contributed by atoms with Gasteiger partial charge in [-0.1, -0.05) is 29.8 Å². The summed E-state index contributed by atoms with van der Waals surface area (Å²) in [6.45, 7) is 3.70. The maximum atomic E-state index is 13.0. The van der Waals surface area contributed by atoms with Gasteiger partial charge >= 0.3 is 11.9 Å². The van der Waals surface area contributed by atoms with Gasteiger partial charge in [-0.25, -0.2) is 14.5 Å². The highest BCUT2D eigenvalue weighted by Crippen LogP contribution is 2.33. The van der Waals surface area contributed by atoms with Crippen molar-refractivity contribution in [3.05, 3.63) is 99.1 Å². The van der Waals surface area contributed by atoms with Gasteiger partial charge in [0, 0.05) is 5.02 Å². The molecule has 34 heavy (non-hydrogen) atoms. The van der Waals surface area contributed by atoms with Crippen molar-refractivity contribution in [2.24, 2.45) is 0 Å². The van der Waals surface area contributed by atoms with Gasteiger partial charge in [0.25, 0.3) is 11.8 Å². The summed E-state index contributed by atoms with van der Waals surface area (Å²) >= 11 is 6.16. The zero-order chi connectivity index (χ0) is 24.4. The number of carbonyl (C=O) groups excluding carboxylic acids is 4. The lowest BCUT2D eigenvalue weighted by molar-refractivity contribution is 0.0469. The smallest absolute Gasteiger partial charge is 0.338 e. The highest BCUT2D eigenvalue weighted by molar-refractivity contribution is 6.36. The molecule has 7 nitrogen and oxygen atoms in total. The maximum Gasteiger partial charge on any atom is 0.338 e. The first-order valence-corrected chi connectivity index (χ1v) is 10.9. The summed E-state index contributed by atoms with van der Waals surface area (Å²) in [5.74, 6) is -2.08. The number of amides is 2. The molecule has 172 valence electrons. The first kappa shape index (κ1) is 23.2. The van der Waals surface area contributed by atoms with Crippen LogP contribution in [0.25, 0.3) is 0 Å². The third kappa shape index (κ3) is 4.30. The number of anilines is 1. The van der Waals surface area contributed by atoms with Crippen molar-refractivity contribution >= 4 is 41.0 Å². The molecule has 0 unspecified atom stereocenters. The van der Waals surface area contributed by atoms with E-state index in [0.717, 1.165) is 4.90 Å². The van der Waals surface area contributed by atoms with Crippen molar-refractivity contribution in [3.8, 4) is 0 Å². The van der Waals surface area contributed by atoms with Crippen LogP contribution in [0.4, 0.5) is 5.69 Å². The van der Waals surface area contributed by atoms with Gasteiger partial charge in [-0.2, -0.15) is 0 Å². The van der Waals surface area contributed by atoms with E-state index in [4.69, 9.17) is 21.1 Å². The molecule has 2 amide bonds. The monoisotopic (exact) mass is 477 g/mol. The Morgan fingerprint density at radius 1 is 0.853 bits per heavy atom. The van der Waals surface area contributed by atoms with Crippen LogP contribution in [0.3, 0.4) is 0 Å². The fourth-order valence-electron chi connectivity index (χ4n) is 3.61. The zero-order valence-electron chi connectivity index (χ0n) is 18.5. The molecule has 0 spiro atoms. The number of rotatable bonds is 6. The van der Waals surface area contributed by atoms with E-state index in [1.165, 1.54) is 18.2 Å².